The van der Waals surface area contributed by atoms with Crippen molar-refractivity contribution in [2.75, 3.05) is 0 Å². The van der Waals surface area contributed by atoms with E-state index in [4.69, 9.17) is 26.1 Å². The number of hydrogen-bond acceptors (Lipinski definition) is 6. The Morgan fingerprint density at radius 3 is 2.15 bits per heavy atom. The second-order valence-electron chi connectivity index (χ2n) is 7.96. The molecule has 2 rings (SSSR count). The average Bonchev–Trinajstić information content (AvgIpc) is 2.78. The van der Waals surface area contributed by atoms with Crippen LogP contribution in [-0.2, 0) is 30.5 Å². The topological polar surface area (TPSA) is 162 Å². The first-order valence-electron chi connectivity index (χ1n) is 10.7. The molecule has 2 atom stereocenters. The summed E-state index contributed by atoms with van der Waals surface area (Å²) in [5.41, 5.74) is 12.1. The van der Waals surface area contributed by atoms with Crippen LogP contribution in [0.3, 0.4) is 0 Å². The van der Waals surface area contributed by atoms with Gasteiger partial charge in [0.2, 0.25) is 11.8 Å². The molecule has 0 radical (unpaired) electrons. The van der Waals surface area contributed by atoms with Crippen molar-refractivity contribution in [2.45, 2.75) is 69.8 Å². The van der Waals surface area contributed by atoms with Crippen LogP contribution in [0.25, 0.3) is 0 Å². The summed E-state index contributed by atoms with van der Waals surface area (Å²) in [5, 5.41) is 9.72. The Kier molecular flexibility index (Phi) is 12.1. The summed E-state index contributed by atoms with van der Waals surface area (Å²) in [5.74, 6) is -4.08. The molecule has 1 aromatic rings. The maximum absolute atomic E-state index is 12.3. The van der Waals surface area contributed by atoms with Gasteiger partial charge in [0.1, 0.15) is 12.6 Å². The lowest BCUT2D eigenvalue weighted by Gasteiger charge is -2.26. The number of carboxylic acid groups (broad SMARTS) is 1. The fraction of sp³-hybridized carbons (Fsp3) is 0.545. The summed E-state index contributed by atoms with van der Waals surface area (Å²) in [7, 11) is 0. The summed E-state index contributed by atoms with van der Waals surface area (Å²) in [6.45, 7) is 0.125. The van der Waals surface area contributed by atoms with Crippen molar-refractivity contribution in [3.05, 3.63) is 35.9 Å². The third-order valence-corrected chi connectivity index (χ3v) is 5.16. The van der Waals surface area contributed by atoms with Crippen molar-refractivity contribution in [3.63, 3.8) is 0 Å². The molecule has 0 aromatic heterocycles. The van der Waals surface area contributed by atoms with Gasteiger partial charge in [0, 0.05) is 0 Å². The van der Waals surface area contributed by atoms with Crippen LogP contribution in [0.2, 0.25) is 0 Å². The standard InChI is InChI=1S/C20H29N3O4.C2HF3O2/c21-16(12-18(24)27-13-15-9-5-2-6-10-15)20(26)23-17(19(22)25)11-14-7-3-1-4-8-14;3-2(4,5)1(6)7/h2,5-6,9-10,14,16-17H,1,3-4,7-8,11-13,21H2,(H2,22,25)(H,23,26);(H,6,7)/t16-,17-;/m0./s1. The number of nitrogens with two attached hydrogens (primary N) is 2. The molecule has 0 heterocycles. The molecule has 1 aliphatic carbocycles. The van der Waals surface area contributed by atoms with Gasteiger partial charge in [-0.1, -0.05) is 62.4 Å². The highest BCUT2D eigenvalue weighted by atomic mass is 19.4. The summed E-state index contributed by atoms with van der Waals surface area (Å²) in [6.07, 6.45) is 0.739. The number of ether oxygens (including phenoxy) is 1. The fourth-order valence-electron chi connectivity index (χ4n) is 3.35. The van der Waals surface area contributed by atoms with Gasteiger partial charge in [-0.25, -0.2) is 4.79 Å². The molecule has 0 unspecified atom stereocenters. The van der Waals surface area contributed by atoms with Crippen LogP contribution >= 0.6 is 0 Å². The first-order chi connectivity index (χ1) is 15.9. The minimum absolute atomic E-state index is 0.125. The number of hydrogen-bond donors (Lipinski definition) is 4. The number of amides is 2. The van der Waals surface area contributed by atoms with E-state index >= 15 is 0 Å². The van der Waals surface area contributed by atoms with Gasteiger partial charge in [0.05, 0.1) is 12.5 Å². The second-order valence-corrected chi connectivity index (χ2v) is 7.96. The number of carboxylic acids is 1. The van der Waals surface area contributed by atoms with Gasteiger partial charge in [-0.2, -0.15) is 13.2 Å². The van der Waals surface area contributed by atoms with Gasteiger partial charge in [0.25, 0.3) is 0 Å². The van der Waals surface area contributed by atoms with Crippen molar-refractivity contribution in [3.8, 4) is 0 Å². The van der Waals surface area contributed by atoms with Crippen LogP contribution in [0, 0.1) is 5.92 Å². The monoisotopic (exact) mass is 489 g/mol. The van der Waals surface area contributed by atoms with E-state index in [1.807, 2.05) is 30.3 Å². The minimum atomic E-state index is -5.08. The molecule has 1 aromatic carbocycles. The van der Waals surface area contributed by atoms with Crippen molar-refractivity contribution in [1.82, 2.24) is 5.32 Å². The van der Waals surface area contributed by atoms with Gasteiger partial charge < -0.3 is 26.6 Å². The van der Waals surface area contributed by atoms with Crippen LogP contribution in [0.5, 0.6) is 0 Å². The van der Waals surface area contributed by atoms with E-state index in [1.54, 1.807) is 0 Å². The van der Waals surface area contributed by atoms with Crippen LogP contribution in [0.1, 0.15) is 50.5 Å². The van der Waals surface area contributed by atoms with Crippen LogP contribution < -0.4 is 16.8 Å². The van der Waals surface area contributed by atoms with E-state index in [0.29, 0.717) is 12.3 Å². The lowest BCUT2D eigenvalue weighted by molar-refractivity contribution is -0.192. The molecule has 9 nitrogen and oxygen atoms in total. The molecule has 1 saturated carbocycles. The number of halogens is 3. The first kappa shape index (κ1) is 28.9. The predicted molar refractivity (Wildman–Crippen MR) is 115 cm³/mol. The highest BCUT2D eigenvalue weighted by molar-refractivity contribution is 5.91. The molecule has 12 heteroatoms. The Bertz CT molecular complexity index is 814. The SMILES string of the molecule is NC(=O)[C@H](CC1CCCCC1)NC(=O)[C@@H](N)CC(=O)OCc1ccccc1.O=C(O)C(F)(F)F. The van der Waals surface area contributed by atoms with E-state index < -0.39 is 42.0 Å². The quantitative estimate of drug-likeness (QED) is 0.386. The van der Waals surface area contributed by atoms with Crippen molar-refractivity contribution in [1.29, 1.82) is 0 Å². The minimum Gasteiger partial charge on any atom is -0.475 e. The summed E-state index contributed by atoms with van der Waals surface area (Å²) in [4.78, 5) is 44.7. The van der Waals surface area contributed by atoms with Gasteiger partial charge in [-0.3, -0.25) is 14.4 Å². The number of carbonyl (C=O) groups is 4. The van der Waals surface area contributed by atoms with E-state index in [2.05, 4.69) is 5.32 Å². The van der Waals surface area contributed by atoms with Crippen LogP contribution in [0.15, 0.2) is 30.3 Å². The molecule has 1 aliphatic rings. The maximum Gasteiger partial charge on any atom is 0.490 e. The number of primary amides is 1. The highest BCUT2D eigenvalue weighted by Crippen LogP contribution is 2.27. The molecular weight excluding hydrogens is 459 g/mol. The zero-order valence-electron chi connectivity index (χ0n) is 18.6. The molecule has 0 spiro atoms. The van der Waals surface area contributed by atoms with Gasteiger partial charge in [0.15, 0.2) is 0 Å². The highest BCUT2D eigenvalue weighted by Gasteiger charge is 2.38. The lowest BCUT2D eigenvalue weighted by atomic mass is 9.84. The van der Waals surface area contributed by atoms with E-state index in [9.17, 15) is 27.6 Å². The Morgan fingerprint density at radius 2 is 1.65 bits per heavy atom. The summed E-state index contributed by atoms with van der Waals surface area (Å²) >= 11 is 0. The molecule has 6 N–H and O–H groups in total. The molecule has 190 valence electrons. The number of aliphatic carboxylic acids is 1. The number of carbonyl (C=O) groups excluding carboxylic acids is 3. The molecule has 0 aliphatic heterocycles. The largest absolute Gasteiger partial charge is 0.490 e. The van der Waals surface area contributed by atoms with Crippen LogP contribution in [0.4, 0.5) is 13.2 Å². The number of esters is 1. The van der Waals surface area contributed by atoms with Gasteiger partial charge in [-0.05, 0) is 17.9 Å². The Labute approximate surface area is 195 Å². The summed E-state index contributed by atoms with van der Waals surface area (Å²) < 4.78 is 36.9. The molecule has 0 bridgehead atoms. The van der Waals surface area contributed by atoms with Crippen LogP contribution in [-0.4, -0.2) is 47.1 Å². The zero-order chi connectivity index (χ0) is 25.7. The number of nitrogens with one attached hydrogen (secondary N) is 1. The van der Waals surface area contributed by atoms with E-state index in [0.717, 1.165) is 31.2 Å². The first-order valence-corrected chi connectivity index (χ1v) is 10.7. The molecular formula is C22H30F3N3O6. The number of rotatable bonds is 9. The number of alkyl halides is 3. The molecule has 34 heavy (non-hydrogen) atoms. The Balaban J connectivity index is 0.000000718. The third-order valence-electron chi connectivity index (χ3n) is 5.16. The van der Waals surface area contributed by atoms with Crippen molar-refractivity contribution >= 4 is 23.8 Å². The average molecular weight is 489 g/mol. The van der Waals surface area contributed by atoms with Gasteiger partial charge in [-0.15, -0.1) is 0 Å². The predicted octanol–water partition coefficient (Wildman–Crippen LogP) is 2.02. The van der Waals surface area contributed by atoms with Crippen molar-refractivity contribution < 1.29 is 42.2 Å². The normalized spacial score (nSPS) is 15.8. The fourth-order valence-corrected chi connectivity index (χ4v) is 3.35. The second kappa shape index (κ2) is 14.2. The third kappa shape index (κ3) is 11.6. The van der Waals surface area contributed by atoms with Crippen molar-refractivity contribution in [2.24, 2.45) is 17.4 Å². The smallest absolute Gasteiger partial charge is 0.475 e. The lowest BCUT2D eigenvalue weighted by Crippen LogP contribution is -2.51. The Hall–Kier alpha value is -3.15. The Morgan fingerprint density at radius 1 is 1.09 bits per heavy atom. The van der Waals surface area contributed by atoms with E-state index in [1.165, 1.54) is 6.42 Å². The van der Waals surface area contributed by atoms with E-state index in [-0.39, 0.29) is 13.0 Å². The summed E-state index contributed by atoms with van der Waals surface area (Å²) in [6, 6.07) is 7.39. The molecule has 2 amide bonds. The zero-order valence-corrected chi connectivity index (χ0v) is 18.6. The molecule has 1 fully saturated rings. The maximum atomic E-state index is 12.3. The van der Waals surface area contributed by atoms with Gasteiger partial charge >= 0.3 is 18.1 Å². The molecule has 0 saturated heterocycles. The number of benzene rings is 1.